The van der Waals surface area contributed by atoms with E-state index in [1.165, 1.54) is 18.2 Å². The van der Waals surface area contributed by atoms with E-state index in [9.17, 15) is 35.4 Å². The van der Waals surface area contributed by atoms with Crippen molar-refractivity contribution in [1.29, 1.82) is 0 Å². The van der Waals surface area contributed by atoms with Crippen LogP contribution in [0.5, 0.6) is 5.75 Å². The molecule has 1 N–H and O–H groups in total. The lowest BCUT2D eigenvalue weighted by Crippen LogP contribution is -2.18. The van der Waals surface area contributed by atoms with E-state index in [1.807, 2.05) is 108 Å². The van der Waals surface area contributed by atoms with E-state index in [0.29, 0.717) is 130 Å². The molecule has 0 radical (unpaired) electrons. The minimum Gasteiger partial charge on any atom is -0.488 e. The molecule has 9 heterocycles. The molecule has 4 fully saturated rings. The van der Waals surface area contributed by atoms with Crippen LogP contribution < -0.4 is 4.74 Å². The summed E-state index contributed by atoms with van der Waals surface area (Å²) in [7, 11) is 0. The summed E-state index contributed by atoms with van der Waals surface area (Å²) in [6.45, 7) is 15.2. The number of unbranched alkanes of at least 4 members (excludes halogenated alkanes) is 5. The molecular formula is C84H89N11O18. The summed E-state index contributed by atoms with van der Waals surface area (Å²) < 4.78 is 72.5. The van der Waals surface area contributed by atoms with Crippen LogP contribution in [0, 0.1) is 30.3 Å². The second-order valence-electron chi connectivity index (χ2n) is 28.4. The Hall–Kier alpha value is -10.8. The van der Waals surface area contributed by atoms with E-state index in [-0.39, 0.29) is 58.1 Å². The highest BCUT2D eigenvalue weighted by molar-refractivity contribution is 5.89. The number of aliphatic hydroxyl groups excluding tert-OH is 1. The van der Waals surface area contributed by atoms with Gasteiger partial charge >= 0.3 is 0 Å². The van der Waals surface area contributed by atoms with Crippen LogP contribution in [0.25, 0.3) is 89.7 Å². The summed E-state index contributed by atoms with van der Waals surface area (Å²) in [5, 5.41) is 45.5. The van der Waals surface area contributed by atoms with Crippen molar-refractivity contribution in [1.82, 2.24) is 38.2 Å². The predicted molar refractivity (Wildman–Crippen MR) is 420 cm³/mol. The molecule has 0 amide bonds. The summed E-state index contributed by atoms with van der Waals surface area (Å²) in [5.41, 5.74) is 12.1. The highest BCUT2D eigenvalue weighted by Gasteiger charge is 2.33. The van der Waals surface area contributed by atoms with Gasteiger partial charge in [0.1, 0.15) is 35.2 Å². The van der Waals surface area contributed by atoms with Gasteiger partial charge in [-0.2, -0.15) is 0 Å². The van der Waals surface area contributed by atoms with E-state index in [0.717, 1.165) is 112 Å². The molecule has 4 aromatic heterocycles. The average molecular weight is 1540 g/mol. The van der Waals surface area contributed by atoms with Crippen LogP contribution in [0.4, 0.5) is 17.1 Å². The first-order chi connectivity index (χ1) is 55.1. The number of hydrogen-bond donors (Lipinski definition) is 1. The van der Waals surface area contributed by atoms with E-state index >= 15 is 0 Å². The summed E-state index contributed by atoms with van der Waals surface area (Å²) >= 11 is 0. The molecule has 29 nitrogen and oxygen atoms in total. The predicted octanol–water partition coefficient (Wildman–Crippen LogP) is 16.0. The van der Waals surface area contributed by atoms with Crippen LogP contribution in [0.15, 0.2) is 170 Å². The normalized spacial score (nSPS) is 16.9. The van der Waals surface area contributed by atoms with Crippen molar-refractivity contribution < 1.29 is 72.0 Å². The fraction of sp³-hybridized carbons (Fsp3) is 0.381. The number of nitrogens with zero attached hydrogens (tertiary/aromatic N) is 11. The van der Waals surface area contributed by atoms with E-state index in [1.54, 1.807) is 66.1 Å². The summed E-state index contributed by atoms with van der Waals surface area (Å²) in [4.78, 5) is 53.9. The van der Waals surface area contributed by atoms with Crippen LogP contribution in [0.2, 0.25) is 0 Å². The lowest BCUT2D eigenvalue weighted by Gasteiger charge is -2.17. The molecule has 4 atom stereocenters. The van der Waals surface area contributed by atoms with Crippen molar-refractivity contribution in [2.75, 3.05) is 66.1 Å². The molecule has 0 bridgehead atoms. The number of rotatable bonds is 27. The molecule has 0 saturated carbocycles. The number of nitro benzene ring substituents is 3. The third kappa shape index (κ3) is 17.0. The first-order valence-corrected chi connectivity index (χ1v) is 38.4. The molecule has 5 aliphatic heterocycles. The van der Waals surface area contributed by atoms with Gasteiger partial charge in [0.2, 0.25) is 0 Å². The van der Waals surface area contributed by atoms with Crippen molar-refractivity contribution in [2.45, 2.75) is 142 Å². The molecule has 5 aliphatic rings. The number of ether oxygens (including phenoxy) is 11. The van der Waals surface area contributed by atoms with Gasteiger partial charge in [-0.25, -0.2) is 19.9 Å². The number of nitro groups is 3. The van der Waals surface area contributed by atoms with Gasteiger partial charge in [-0.05, 0) is 95.1 Å². The molecule has 0 spiro atoms. The van der Waals surface area contributed by atoms with Crippen molar-refractivity contribution in [3.8, 4) is 51.3 Å². The maximum Gasteiger partial charge on any atom is 0.280 e. The molecule has 17 rings (SSSR count). The highest BCUT2D eigenvalue weighted by atomic mass is 16.7. The van der Waals surface area contributed by atoms with Gasteiger partial charge in [-0.15, -0.1) is 0 Å². The Morgan fingerprint density at radius 3 is 1.07 bits per heavy atom. The Kier molecular flexibility index (Phi) is 24.3. The van der Waals surface area contributed by atoms with Gasteiger partial charge in [0.25, 0.3) is 17.1 Å². The molecule has 29 heteroatoms. The molecule has 12 aromatic rings. The Balaban J connectivity index is 0.000000160. The topological polar surface area (TPSA) is 322 Å². The van der Waals surface area contributed by atoms with E-state index in [2.05, 4.69) is 23.6 Å². The van der Waals surface area contributed by atoms with E-state index < -0.39 is 29.9 Å². The number of aromatic nitrogens is 8. The zero-order chi connectivity index (χ0) is 78.1. The van der Waals surface area contributed by atoms with Crippen molar-refractivity contribution >= 4 is 61.2 Å². The maximum absolute atomic E-state index is 12.0. The van der Waals surface area contributed by atoms with Crippen LogP contribution in [0.1, 0.15) is 114 Å². The Morgan fingerprint density at radius 2 is 0.708 bits per heavy atom. The monoisotopic (exact) mass is 1540 g/mol. The van der Waals surface area contributed by atoms with Crippen LogP contribution in [-0.2, 0) is 73.5 Å². The summed E-state index contributed by atoms with van der Waals surface area (Å²) in [6, 6.07) is 51.4. The lowest BCUT2D eigenvalue weighted by molar-refractivity contribution is -0.384. The SMILES string of the molecule is C[C@@H](Cn1c(-c2ccccc2[N+](=O)[O-])nc2c(C3OCCO3)cccc21)OCCCCCCCCO[C@@H](C)Cn1c(-c2ccccc2[N+](=O)[O-])nc2c(C3OCCO3)cccc21.C[C@H](O)Cn1c(-c2ccccc2[N+](=O)[O-])nc2c(C3OCCO3)cccc21.C[C@H]1Cn2c(nc3c(C4OCCO4)cccc32)-c2ccccc2O1. The molecule has 588 valence electrons. The van der Waals surface area contributed by atoms with Crippen molar-refractivity contribution in [3.63, 3.8) is 0 Å². The Bertz CT molecular complexity index is 5190. The number of benzene rings is 8. The smallest absolute Gasteiger partial charge is 0.280 e. The summed E-state index contributed by atoms with van der Waals surface area (Å²) in [6.07, 6.45) is 3.23. The molecule has 0 unspecified atom stereocenters. The third-order valence-electron chi connectivity index (χ3n) is 20.3. The fourth-order valence-corrected chi connectivity index (χ4v) is 15.2. The van der Waals surface area contributed by atoms with Crippen molar-refractivity contribution in [2.24, 2.45) is 0 Å². The highest BCUT2D eigenvalue weighted by Crippen LogP contribution is 2.43. The van der Waals surface area contributed by atoms with Crippen LogP contribution in [-0.4, -0.2) is 149 Å². The first-order valence-electron chi connectivity index (χ1n) is 38.4. The van der Waals surface area contributed by atoms with Gasteiger partial charge in [-0.1, -0.05) is 123 Å². The lowest BCUT2D eigenvalue weighted by atomic mass is 10.1. The quantitative estimate of drug-likeness (QED) is 0.0284. The number of aliphatic hydroxyl groups is 1. The van der Waals surface area contributed by atoms with Gasteiger partial charge in [0.05, 0.1) is 179 Å². The number of para-hydroxylation sites is 8. The van der Waals surface area contributed by atoms with Gasteiger partial charge < -0.3 is 75.5 Å². The van der Waals surface area contributed by atoms with E-state index in [4.69, 9.17) is 72.0 Å². The molecular weight excluding hydrogens is 1450 g/mol. The standard InChI is InChI=1S/C46H52N6O10.C19H19N3O5.C19H18N2O3/c1-31(29-49-39-21-13-17-35(45-59-25-26-60-45)41(39)47-43(49)33-15-7-9-19-37(33)51(53)54)57-23-11-5-3-4-6-12-24-58-32(2)30-50-40-22-14-18-36(46-61-27-28-62-46)42(40)48-44(50)34-16-8-10-20-38(34)52(55)56;1-12(23)11-21-16-8-4-6-14(19-26-9-10-27-19)17(16)20-18(21)13-5-2-3-7-15(13)22(24)25;1-12-11-21-15-7-4-6-14(19-22-9-10-23-19)17(15)20-18(21)13-5-2-3-8-16(13)24-12/h7-10,13-22,31-32,45-46H,3-6,11-12,23-30H2,1-2H3;2-8,12,19,23H,9-11H2,1H3;2-8,12,19H,9-11H2,1H3/t31-,32-;2*12-/m000/s1. The minimum atomic E-state index is -0.647. The molecule has 8 aromatic carbocycles. The zero-order valence-electron chi connectivity index (χ0n) is 63.2. The fourth-order valence-electron chi connectivity index (χ4n) is 15.2. The number of imidazole rings is 4. The first kappa shape index (κ1) is 77.5. The van der Waals surface area contributed by atoms with Crippen LogP contribution >= 0.6 is 0 Å². The van der Waals surface area contributed by atoms with Gasteiger partial charge in [-0.3, -0.25) is 30.3 Å². The number of hydrogen-bond acceptors (Lipinski definition) is 22. The Labute approximate surface area is 650 Å². The van der Waals surface area contributed by atoms with Crippen molar-refractivity contribution in [3.05, 3.63) is 222 Å². The summed E-state index contributed by atoms with van der Waals surface area (Å²) in [5.74, 6) is 3.27. The van der Waals surface area contributed by atoms with Gasteiger partial charge in [0.15, 0.2) is 25.2 Å². The maximum atomic E-state index is 12.0. The zero-order valence-corrected chi connectivity index (χ0v) is 63.2. The molecule has 0 aliphatic carbocycles. The van der Waals surface area contributed by atoms with Gasteiger partial charge in [0, 0.05) is 53.7 Å². The minimum absolute atomic E-state index is 0.00977. The second kappa shape index (κ2) is 35.5. The van der Waals surface area contributed by atoms with Crippen LogP contribution in [0.3, 0.4) is 0 Å². The largest absolute Gasteiger partial charge is 0.488 e. The molecule has 4 saturated heterocycles. The average Bonchev–Trinajstić information content (AvgIpc) is 1.62. The molecule has 113 heavy (non-hydrogen) atoms. The second-order valence-corrected chi connectivity index (χ2v) is 28.4. The third-order valence-corrected chi connectivity index (χ3v) is 20.3. The Morgan fingerprint density at radius 1 is 0.398 bits per heavy atom. The number of fused-ring (bicyclic) bond motifs is 8.